The van der Waals surface area contributed by atoms with E-state index in [-0.39, 0.29) is 40.5 Å². The van der Waals surface area contributed by atoms with Gasteiger partial charge in [-0.2, -0.15) is 0 Å². The molecule has 0 atom stereocenters. The van der Waals surface area contributed by atoms with Gasteiger partial charge in [0, 0.05) is 62.1 Å². The molecule has 4 heteroatoms. The maximum Gasteiger partial charge on any atom is 0.134 e. The molecule has 0 aromatic heterocycles. The van der Waals surface area contributed by atoms with E-state index in [0.717, 1.165) is 33.0 Å². The first-order valence-corrected chi connectivity index (χ1v) is 5.88. The quantitative estimate of drug-likeness (QED) is 0.532. The molecule has 0 spiro atoms. The summed E-state index contributed by atoms with van der Waals surface area (Å²) >= 11 is 0. The molecule has 0 unspecified atom stereocenters. The van der Waals surface area contributed by atoms with Crippen LogP contribution in [-0.4, -0.2) is 54.7 Å². The number of rotatable bonds is 2. The third-order valence-electron chi connectivity index (χ3n) is 3.24. The number of methoxy groups -OCH3 is 2. The van der Waals surface area contributed by atoms with Crippen LogP contribution in [0.5, 0.6) is 11.5 Å². The molecule has 5 radical (unpaired) electrons. The van der Waals surface area contributed by atoms with Gasteiger partial charge in [0.1, 0.15) is 11.5 Å². The Labute approximate surface area is 145 Å². The summed E-state index contributed by atoms with van der Waals surface area (Å²) in [7, 11) is 3.42. The second-order valence-corrected chi connectivity index (χ2v) is 4.16. The number of ether oxygens (including phenoxy) is 2. The SMILES string of the molecule is COc1c2ccccc2c(OC)c2ccccc12.[Na].[Si]. The molecule has 3 aromatic rings. The van der Waals surface area contributed by atoms with Gasteiger partial charge in [0.05, 0.1) is 14.2 Å². The molecule has 0 N–H and O–H groups in total. The number of benzene rings is 3. The van der Waals surface area contributed by atoms with E-state index in [1.165, 1.54) is 0 Å². The van der Waals surface area contributed by atoms with Crippen molar-refractivity contribution in [3.05, 3.63) is 48.5 Å². The predicted octanol–water partition coefficient (Wildman–Crippen LogP) is 3.25. The van der Waals surface area contributed by atoms with Gasteiger partial charge in [-0.1, -0.05) is 48.5 Å². The molecule has 0 fully saturated rings. The van der Waals surface area contributed by atoms with Crippen molar-refractivity contribution in [3.8, 4) is 11.5 Å². The summed E-state index contributed by atoms with van der Waals surface area (Å²) in [6, 6.07) is 16.3. The fourth-order valence-corrected chi connectivity index (χ4v) is 2.49. The topological polar surface area (TPSA) is 18.5 Å². The molecular formula is C16H14NaO2Si. The zero-order valence-electron chi connectivity index (χ0n) is 11.9. The van der Waals surface area contributed by atoms with Crippen molar-refractivity contribution in [2.75, 3.05) is 14.2 Å². The second kappa shape index (κ2) is 7.13. The van der Waals surface area contributed by atoms with Gasteiger partial charge in [-0.15, -0.1) is 0 Å². The largest absolute Gasteiger partial charge is 0.495 e. The Morgan fingerprint density at radius 1 is 0.600 bits per heavy atom. The Bertz CT molecular complexity index is 609. The maximum atomic E-state index is 5.58. The van der Waals surface area contributed by atoms with Crippen LogP contribution < -0.4 is 9.47 Å². The standard InChI is InChI=1S/C16H14O2.Na.Si/c1-17-15-11-7-3-5-9-13(11)16(18-2)14-10-6-4-8-12(14)15;;/h3-10H,1-2H3;;. The summed E-state index contributed by atoms with van der Waals surface area (Å²) in [5.41, 5.74) is 0. The van der Waals surface area contributed by atoms with Crippen LogP contribution in [0, 0.1) is 0 Å². The Kier molecular flexibility index (Phi) is 6.08. The molecule has 0 bridgehead atoms. The summed E-state index contributed by atoms with van der Waals surface area (Å²) in [6.07, 6.45) is 0. The van der Waals surface area contributed by atoms with Crippen molar-refractivity contribution in [1.82, 2.24) is 0 Å². The van der Waals surface area contributed by atoms with Crippen molar-refractivity contribution in [1.29, 1.82) is 0 Å². The van der Waals surface area contributed by atoms with Gasteiger partial charge in [-0.3, -0.25) is 0 Å². The normalized spacial score (nSPS) is 9.70. The molecule has 0 amide bonds. The third-order valence-corrected chi connectivity index (χ3v) is 3.24. The zero-order chi connectivity index (χ0) is 12.5. The van der Waals surface area contributed by atoms with Gasteiger partial charge in [0.25, 0.3) is 0 Å². The smallest absolute Gasteiger partial charge is 0.134 e. The van der Waals surface area contributed by atoms with Crippen LogP contribution >= 0.6 is 0 Å². The molecule has 0 aliphatic heterocycles. The van der Waals surface area contributed by atoms with Crippen molar-refractivity contribution in [2.24, 2.45) is 0 Å². The number of fused-ring (bicyclic) bond motifs is 2. The van der Waals surface area contributed by atoms with Crippen molar-refractivity contribution < 1.29 is 9.47 Å². The van der Waals surface area contributed by atoms with Crippen LogP contribution in [0.15, 0.2) is 48.5 Å². The van der Waals surface area contributed by atoms with Crippen LogP contribution in [-0.2, 0) is 0 Å². The second-order valence-electron chi connectivity index (χ2n) is 4.16. The molecule has 3 rings (SSSR count). The molecule has 0 aliphatic carbocycles. The van der Waals surface area contributed by atoms with Crippen LogP contribution in [0.25, 0.3) is 21.5 Å². The average molecular weight is 289 g/mol. The third kappa shape index (κ3) is 2.59. The van der Waals surface area contributed by atoms with E-state index in [0.29, 0.717) is 0 Å². The summed E-state index contributed by atoms with van der Waals surface area (Å²) in [5, 5.41) is 4.32. The van der Waals surface area contributed by atoms with Crippen LogP contribution in [0.4, 0.5) is 0 Å². The zero-order valence-corrected chi connectivity index (χ0v) is 14.9. The molecule has 0 saturated heterocycles. The van der Waals surface area contributed by atoms with Crippen LogP contribution in [0.3, 0.4) is 0 Å². The molecule has 95 valence electrons. The first kappa shape index (κ1) is 17.0. The van der Waals surface area contributed by atoms with E-state index in [1.54, 1.807) is 14.2 Å². The van der Waals surface area contributed by atoms with Gasteiger partial charge in [0.2, 0.25) is 0 Å². The fourth-order valence-electron chi connectivity index (χ4n) is 2.49. The van der Waals surface area contributed by atoms with Crippen molar-refractivity contribution >= 4 is 62.1 Å². The Morgan fingerprint density at radius 3 is 1.05 bits per heavy atom. The summed E-state index contributed by atoms with van der Waals surface area (Å²) < 4.78 is 11.2. The summed E-state index contributed by atoms with van der Waals surface area (Å²) in [6.45, 7) is 0. The van der Waals surface area contributed by atoms with Gasteiger partial charge >= 0.3 is 0 Å². The Hall–Kier alpha value is -1.00. The van der Waals surface area contributed by atoms with E-state index >= 15 is 0 Å². The van der Waals surface area contributed by atoms with Crippen molar-refractivity contribution in [2.45, 2.75) is 0 Å². The summed E-state index contributed by atoms with van der Waals surface area (Å²) in [4.78, 5) is 0. The molecule has 0 heterocycles. The van der Waals surface area contributed by atoms with Crippen molar-refractivity contribution in [3.63, 3.8) is 0 Å². The Morgan fingerprint density at radius 2 is 0.850 bits per heavy atom. The van der Waals surface area contributed by atoms with E-state index in [9.17, 15) is 0 Å². The van der Waals surface area contributed by atoms with Crippen LogP contribution in [0.2, 0.25) is 0 Å². The van der Waals surface area contributed by atoms with Gasteiger partial charge in [0.15, 0.2) is 0 Å². The maximum absolute atomic E-state index is 5.58. The minimum Gasteiger partial charge on any atom is -0.495 e. The van der Waals surface area contributed by atoms with Gasteiger partial charge in [-0.25, -0.2) is 0 Å². The molecule has 3 aromatic carbocycles. The summed E-state index contributed by atoms with van der Waals surface area (Å²) in [5.74, 6) is 1.81. The minimum atomic E-state index is 0. The van der Waals surface area contributed by atoms with Gasteiger partial charge in [-0.05, 0) is 0 Å². The average Bonchev–Trinajstić information content (AvgIpc) is 2.44. The van der Waals surface area contributed by atoms with E-state index in [2.05, 4.69) is 24.3 Å². The monoisotopic (exact) mass is 289 g/mol. The predicted molar refractivity (Wildman–Crippen MR) is 86.1 cm³/mol. The van der Waals surface area contributed by atoms with E-state index < -0.39 is 0 Å². The minimum absolute atomic E-state index is 0. The van der Waals surface area contributed by atoms with Crippen LogP contribution in [0.1, 0.15) is 0 Å². The molecule has 0 saturated carbocycles. The van der Waals surface area contributed by atoms with E-state index in [4.69, 9.17) is 9.47 Å². The molecular weight excluding hydrogens is 275 g/mol. The fraction of sp³-hybridized carbons (Fsp3) is 0.125. The first-order valence-electron chi connectivity index (χ1n) is 5.88. The number of hydrogen-bond acceptors (Lipinski definition) is 2. The molecule has 0 aliphatic rings. The number of hydrogen-bond donors (Lipinski definition) is 0. The Balaban J connectivity index is 0.000001000. The molecule has 20 heavy (non-hydrogen) atoms. The molecule has 2 nitrogen and oxygen atoms in total. The van der Waals surface area contributed by atoms with Gasteiger partial charge < -0.3 is 9.47 Å². The van der Waals surface area contributed by atoms with E-state index in [1.807, 2.05) is 24.3 Å². The first-order chi connectivity index (χ1) is 8.86.